The quantitative estimate of drug-likeness (QED) is 0.543. The highest BCUT2D eigenvalue weighted by molar-refractivity contribution is 5.04. The van der Waals surface area contributed by atoms with Gasteiger partial charge in [0.1, 0.15) is 0 Å². The van der Waals surface area contributed by atoms with E-state index in [2.05, 4.69) is 11.8 Å². The maximum absolute atomic E-state index is 12.2. The zero-order valence-corrected chi connectivity index (χ0v) is 6.11. The summed E-state index contributed by atoms with van der Waals surface area (Å²) in [6.45, 7) is 0.384. The molecule has 0 aromatic heterocycles. The van der Waals surface area contributed by atoms with Crippen molar-refractivity contribution in [3.63, 3.8) is 0 Å². The SMILES string of the molecule is NCC#CCN1CC(F)(F)C1. The molecule has 0 bridgehead atoms. The van der Waals surface area contributed by atoms with Crippen LogP contribution in [0.2, 0.25) is 0 Å². The Bertz CT molecular complexity index is 184. The highest BCUT2D eigenvalue weighted by Crippen LogP contribution is 2.25. The fraction of sp³-hybridized carbons (Fsp3) is 0.714. The average Bonchev–Trinajstić information content (AvgIpc) is 1.84. The summed E-state index contributed by atoms with van der Waals surface area (Å²) in [5, 5.41) is 0. The second-order valence-electron chi connectivity index (χ2n) is 2.56. The highest BCUT2D eigenvalue weighted by atomic mass is 19.3. The molecule has 1 saturated heterocycles. The lowest BCUT2D eigenvalue weighted by Gasteiger charge is -2.37. The molecular weight excluding hydrogens is 150 g/mol. The molecule has 0 aromatic rings. The van der Waals surface area contributed by atoms with Crippen molar-refractivity contribution in [1.29, 1.82) is 0 Å². The van der Waals surface area contributed by atoms with E-state index in [4.69, 9.17) is 5.73 Å². The lowest BCUT2D eigenvalue weighted by Crippen LogP contribution is -2.56. The second kappa shape index (κ2) is 3.16. The van der Waals surface area contributed by atoms with Crippen LogP contribution in [0.25, 0.3) is 0 Å². The van der Waals surface area contributed by atoms with Gasteiger partial charge in [0.15, 0.2) is 0 Å². The summed E-state index contributed by atoms with van der Waals surface area (Å²) < 4.78 is 24.4. The van der Waals surface area contributed by atoms with Gasteiger partial charge in [-0.2, -0.15) is 0 Å². The molecule has 2 nitrogen and oxygen atoms in total. The number of halogens is 2. The van der Waals surface area contributed by atoms with Crippen LogP contribution in [0.5, 0.6) is 0 Å². The Hall–Kier alpha value is -0.660. The zero-order valence-electron chi connectivity index (χ0n) is 6.11. The molecule has 0 atom stereocenters. The summed E-state index contributed by atoms with van der Waals surface area (Å²) in [7, 11) is 0. The van der Waals surface area contributed by atoms with Gasteiger partial charge in [-0.3, -0.25) is 4.90 Å². The molecule has 1 aliphatic rings. The van der Waals surface area contributed by atoms with Crippen LogP contribution in [-0.4, -0.2) is 37.0 Å². The van der Waals surface area contributed by atoms with E-state index >= 15 is 0 Å². The normalized spacial score (nSPS) is 21.7. The first kappa shape index (κ1) is 8.44. The number of hydrogen-bond donors (Lipinski definition) is 1. The van der Waals surface area contributed by atoms with Crippen LogP contribution in [0.1, 0.15) is 0 Å². The number of likely N-dealkylation sites (tertiary alicyclic amines) is 1. The van der Waals surface area contributed by atoms with Crippen molar-refractivity contribution in [3.8, 4) is 11.8 Å². The van der Waals surface area contributed by atoms with Gasteiger partial charge >= 0.3 is 0 Å². The van der Waals surface area contributed by atoms with E-state index in [1.54, 1.807) is 4.90 Å². The Labute approximate surface area is 64.4 Å². The van der Waals surface area contributed by atoms with E-state index in [-0.39, 0.29) is 13.1 Å². The standard InChI is InChI=1S/C7H10F2N2/c8-7(9)5-11(6-7)4-2-1-3-10/h3-6,10H2. The molecular formula is C7H10F2N2. The molecule has 1 aliphatic heterocycles. The lowest BCUT2D eigenvalue weighted by atomic mass is 10.1. The van der Waals surface area contributed by atoms with Crippen molar-refractivity contribution >= 4 is 0 Å². The predicted octanol–water partition coefficient (Wildman–Crippen LogP) is -0.101. The minimum absolute atomic E-state index is 0.160. The number of alkyl halides is 2. The van der Waals surface area contributed by atoms with Gasteiger partial charge in [-0.05, 0) is 0 Å². The Morgan fingerprint density at radius 3 is 2.45 bits per heavy atom. The first-order valence-electron chi connectivity index (χ1n) is 3.40. The number of nitrogens with zero attached hydrogens (tertiary/aromatic N) is 1. The smallest absolute Gasteiger partial charge is 0.273 e. The third-order valence-electron chi connectivity index (χ3n) is 1.44. The van der Waals surface area contributed by atoms with Crippen LogP contribution in [0.3, 0.4) is 0 Å². The van der Waals surface area contributed by atoms with Crippen molar-refractivity contribution in [2.75, 3.05) is 26.2 Å². The van der Waals surface area contributed by atoms with Crippen molar-refractivity contribution in [1.82, 2.24) is 4.90 Å². The van der Waals surface area contributed by atoms with Crippen LogP contribution in [0.15, 0.2) is 0 Å². The minimum atomic E-state index is -2.48. The Morgan fingerprint density at radius 2 is 2.00 bits per heavy atom. The molecule has 1 rings (SSSR count). The maximum Gasteiger partial charge on any atom is 0.273 e. The summed E-state index contributed by atoms with van der Waals surface area (Å²) in [4.78, 5) is 1.59. The largest absolute Gasteiger partial charge is 0.320 e. The van der Waals surface area contributed by atoms with Gasteiger partial charge in [0.25, 0.3) is 5.92 Å². The fourth-order valence-electron chi connectivity index (χ4n) is 0.960. The molecule has 11 heavy (non-hydrogen) atoms. The molecule has 0 saturated carbocycles. The molecule has 4 heteroatoms. The van der Waals surface area contributed by atoms with Crippen molar-refractivity contribution < 1.29 is 8.78 Å². The summed E-state index contributed by atoms with van der Waals surface area (Å²) in [6.07, 6.45) is 0. The number of nitrogens with two attached hydrogens (primary N) is 1. The average molecular weight is 160 g/mol. The van der Waals surface area contributed by atoms with E-state index in [1.807, 2.05) is 0 Å². The minimum Gasteiger partial charge on any atom is -0.320 e. The zero-order chi connectivity index (χ0) is 8.32. The van der Waals surface area contributed by atoms with Gasteiger partial charge in [-0.15, -0.1) is 0 Å². The van der Waals surface area contributed by atoms with Crippen molar-refractivity contribution in [3.05, 3.63) is 0 Å². The molecule has 0 radical (unpaired) electrons. The van der Waals surface area contributed by atoms with E-state index in [1.165, 1.54) is 0 Å². The van der Waals surface area contributed by atoms with E-state index < -0.39 is 5.92 Å². The van der Waals surface area contributed by atoms with E-state index in [0.29, 0.717) is 13.1 Å². The molecule has 0 spiro atoms. The molecule has 0 aliphatic carbocycles. The van der Waals surface area contributed by atoms with Crippen LogP contribution in [0, 0.1) is 11.8 Å². The number of hydrogen-bond acceptors (Lipinski definition) is 2. The monoisotopic (exact) mass is 160 g/mol. The fourth-order valence-corrected chi connectivity index (χ4v) is 0.960. The van der Waals surface area contributed by atoms with E-state index in [9.17, 15) is 8.78 Å². The predicted molar refractivity (Wildman–Crippen MR) is 38.2 cm³/mol. The van der Waals surface area contributed by atoms with Crippen LogP contribution < -0.4 is 5.73 Å². The molecule has 0 unspecified atom stereocenters. The summed E-state index contributed by atoms with van der Waals surface area (Å²) in [5.74, 6) is 2.83. The van der Waals surface area contributed by atoms with Gasteiger partial charge < -0.3 is 5.73 Å². The topological polar surface area (TPSA) is 29.3 Å². The van der Waals surface area contributed by atoms with Gasteiger partial charge in [0.05, 0.1) is 26.2 Å². The van der Waals surface area contributed by atoms with Gasteiger partial charge in [0.2, 0.25) is 0 Å². The van der Waals surface area contributed by atoms with Gasteiger partial charge in [-0.25, -0.2) is 8.78 Å². The Balaban J connectivity index is 2.14. The lowest BCUT2D eigenvalue weighted by molar-refractivity contribution is -0.125. The van der Waals surface area contributed by atoms with Crippen LogP contribution in [-0.2, 0) is 0 Å². The second-order valence-corrected chi connectivity index (χ2v) is 2.56. The molecule has 62 valence electrons. The Kier molecular flexibility index (Phi) is 2.42. The first-order valence-corrected chi connectivity index (χ1v) is 3.40. The van der Waals surface area contributed by atoms with Crippen molar-refractivity contribution in [2.45, 2.75) is 5.92 Å². The Morgan fingerprint density at radius 1 is 1.36 bits per heavy atom. The summed E-state index contributed by atoms with van der Waals surface area (Å²) in [6, 6.07) is 0. The molecule has 1 heterocycles. The van der Waals surface area contributed by atoms with Gasteiger partial charge in [-0.1, -0.05) is 11.8 Å². The molecule has 0 amide bonds. The third kappa shape index (κ3) is 2.45. The highest BCUT2D eigenvalue weighted by Gasteiger charge is 2.43. The molecule has 1 fully saturated rings. The van der Waals surface area contributed by atoms with Crippen LogP contribution in [0.4, 0.5) is 8.78 Å². The molecule has 2 N–H and O–H groups in total. The summed E-state index contributed by atoms with van der Waals surface area (Å²) >= 11 is 0. The van der Waals surface area contributed by atoms with Crippen molar-refractivity contribution in [2.24, 2.45) is 5.73 Å². The maximum atomic E-state index is 12.2. The van der Waals surface area contributed by atoms with Gasteiger partial charge in [0, 0.05) is 0 Å². The van der Waals surface area contributed by atoms with Crippen LogP contribution >= 0.6 is 0 Å². The molecule has 0 aromatic carbocycles. The number of rotatable bonds is 1. The van der Waals surface area contributed by atoms with E-state index in [0.717, 1.165) is 0 Å². The first-order chi connectivity index (χ1) is 5.14. The third-order valence-corrected chi connectivity index (χ3v) is 1.44. The summed E-state index contributed by atoms with van der Waals surface area (Å²) in [5.41, 5.74) is 5.09.